The second-order valence-electron chi connectivity index (χ2n) is 7.21. The van der Waals surface area contributed by atoms with E-state index in [9.17, 15) is 9.59 Å². The van der Waals surface area contributed by atoms with E-state index in [0.29, 0.717) is 41.6 Å². The van der Waals surface area contributed by atoms with Crippen molar-refractivity contribution in [1.82, 2.24) is 9.47 Å². The van der Waals surface area contributed by atoms with Crippen LogP contribution in [0.2, 0.25) is 5.02 Å². The van der Waals surface area contributed by atoms with Crippen molar-refractivity contribution in [3.8, 4) is 11.5 Å². The molecule has 0 saturated carbocycles. The number of aromatic nitrogens is 1. The van der Waals surface area contributed by atoms with Crippen molar-refractivity contribution in [3.05, 3.63) is 57.5 Å². The number of halogens is 1. The molecule has 2 aromatic carbocycles. The fraction of sp³-hybridized carbons (Fsp3) is 0.333. The minimum absolute atomic E-state index is 0.0540. The van der Waals surface area contributed by atoms with E-state index in [4.69, 9.17) is 25.5 Å². The first-order chi connectivity index (χ1) is 14.1. The van der Waals surface area contributed by atoms with Gasteiger partial charge in [-0.2, -0.15) is 0 Å². The maximum absolute atomic E-state index is 13.1. The highest BCUT2D eigenvalue weighted by Crippen LogP contribution is 2.38. The van der Waals surface area contributed by atoms with Crippen LogP contribution < -0.4 is 15.2 Å². The van der Waals surface area contributed by atoms with E-state index in [0.717, 1.165) is 24.2 Å². The third-order valence-electron chi connectivity index (χ3n) is 5.45. The van der Waals surface area contributed by atoms with Gasteiger partial charge in [0.25, 0.3) is 0 Å². The van der Waals surface area contributed by atoms with E-state index >= 15 is 0 Å². The molecule has 1 atom stereocenters. The Morgan fingerprint density at radius 2 is 1.93 bits per heavy atom. The van der Waals surface area contributed by atoms with E-state index in [1.54, 1.807) is 18.2 Å². The molecular weight excluding hydrogens is 396 g/mol. The van der Waals surface area contributed by atoms with Crippen LogP contribution in [0.4, 0.5) is 0 Å². The molecule has 1 amide bonds. The summed E-state index contributed by atoms with van der Waals surface area (Å²) in [5.41, 5.74) is 1.94. The molecule has 1 fully saturated rings. The molecular formula is C21H19ClN2O5. The summed E-state index contributed by atoms with van der Waals surface area (Å²) < 4.78 is 17.9. The van der Waals surface area contributed by atoms with Crippen molar-refractivity contribution in [3.63, 3.8) is 0 Å². The summed E-state index contributed by atoms with van der Waals surface area (Å²) in [5.74, 6) is 0.751. The Morgan fingerprint density at radius 1 is 1.10 bits per heavy atom. The lowest BCUT2D eigenvalue weighted by molar-refractivity contribution is -0.132. The molecule has 1 aromatic heterocycles. The van der Waals surface area contributed by atoms with Crippen LogP contribution in [0.1, 0.15) is 24.4 Å². The molecule has 0 unspecified atom stereocenters. The number of benzene rings is 2. The average Bonchev–Trinajstić information content (AvgIpc) is 3.32. The summed E-state index contributed by atoms with van der Waals surface area (Å²) in [5, 5.41) is 0.475. The fourth-order valence-corrected chi connectivity index (χ4v) is 4.26. The van der Waals surface area contributed by atoms with Gasteiger partial charge in [0.2, 0.25) is 5.91 Å². The summed E-state index contributed by atoms with van der Waals surface area (Å²) >= 11 is 5.96. The number of carbonyl (C=O) groups excluding carboxylic acids is 1. The molecule has 2 aliphatic heterocycles. The van der Waals surface area contributed by atoms with Crippen LogP contribution in [0.3, 0.4) is 0 Å². The van der Waals surface area contributed by atoms with Gasteiger partial charge in [0.1, 0.15) is 19.8 Å². The summed E-state index contributed by atoms with van der Waals surface area (Å²) in [6.07, 6.45) is 1.77. The maximum atomic E-state index is 13.1. The number of likely N-dealkylation sites (tertiary alicyclic amines) is 1. The van der Waals surface area contributed by atoms with Crippen LogP contribution in [0, 0.1) is 0 Å². The van der Waals surface area contributed by atoms with Gasteiger partial charge in [0, 0.05) is 17.6 Å². The zero-order chi connectivity index (χ0) is 20.0. The van der Waals surface area contributed by atoms with Crippen LogP contribution in [0.5, 0.6) is 11.5 Å². The summed E-state index contributed by atoms with van der Waals surface area (Å²) in [6.45, 7) is 1.63. The molecule has 3 aromatic rings. The van der Waals surface area contributed by atoms with E-state index in [1.807, 2.05) is 23.1 Å². The van der Waals surface area contributed by atoms with Crippen molar-refractivity contribution >= 4 is 28.6 Å². The quantitative estimate of drug-likeness (QED) is 0.656. The lowest BCUT2D eigenvalue weighted by atomic mass is 10.0. The first-order valence-electron chi connectivity index (χ1n) is 9.58. The monoisotopic (exact) mass is 414 g/mol. The van der Waals surface area contributed by atoms with Crippen molar-refractivity contribution in [1.29, 1.82) is 0 Å². The number of nitrogens with zero attached hydrogens (tertiary/aromatic N) is 2. The number of fused-ring (bicyclic) bond motifs is 2. The maximum Gasteiger partial charge on any atom is 0.420 e. The molecule has 0 radical (unpaired) electrons. The Hall–Kier alpha value is -2.93. The predicted molar refractivity (Wildman–Crippen MR) is 107 cm³/mol. The number of amides is 1. The fourth-order valence-electron chi connectivity index (χ4n) is 4.10. The Balaban J connectivity index is 1.41. The number of oxazole rings is 1. The smallest absolute Gasteiger partial charge is 0.420 e. The largest absolute Gasteiger partial charge is 0.486 e. The third kappa shape index (κ3) is 3.25. The molecule has 150 valence electrons. The second kappa shape index (κ2) is 7.15. The van der Waals surface area contributed by atoms with Gasteiger partial charge in [0.05, 0.1) is 11.6 Å². The Morgan fingerprint density at radius 3 is 2.79 bits per heavy atom. The number of rotatable bonds is 3. The van der Waals surface area contributed by atoms with E-state index < -0.39 is 5.76 Å². The molecule has 0 bridgehead atoms. The normalized spacial score (nSPS) is 18.4. The first kappa shape index (κ1) is 18.1. The topological polar surface area (TPSA) is 73.9 Å². The molecule has 5 rings (SSSR count). The van der Waals surface area contributed by atoms with Crippen molar-refractivity contribution in [2.24, 2.45) is 0 Å². The summed E-state index contributed by atoms with van der Waals surface area (Å²) in [4.78, 5) is 27.2. The Kier molecular flexibility index (Phi) is 4.47. The third-order valence-corrected chi connectivity index (χ3v) is 5.68. The highest BCUT2D eigenvalue weighted by molar-refractivity contribution is 6.31. The van der Waals surface area contributed by atoms with E-state index in [-0.39, 0.29) is 18.5 Å². The summed E-state index contributed by atoms with van der Waals surface area (Å²) in [6, 6.07) is 10.7. The van der Waals surface area contributed by atoms with Gasteiger partial charge in [-0.3, -0.25) is 9.36 Å². The molecule has 8 heteroatoms. The highest BCUT2D eigenvalue weighted by atomic mass is 35.5. The zero-order valence-electron chi connectivity index (χ0n) is 15.6. The van der Waals surface area contributed by atoms with E-state index in [2.05, 4.69) is 0 Å². The standard InChI is InChI=1S/C21H19ClN2O5/c22-14-4-5-16-18(11-14)29-21(26)24(16)12-20(25)23-7-1-2-15(23)13-3-6-17-19(10-13)28-9-8-27-17/h3-6,10-11,15H,1-2,7-9,12H2/t15-/m1/s1. The van der Waals surface area contributed by atoms with Crippen LogP contribution in [0.25, 0.3) is 11.1 Å². The van der Waals surface area contributed by atoms with Gasteiger partial charge >= 0.3 is 5.76 Å². The van der Waals surface area contributed by atoms with E-state index in [1.165, 1.54) is 4.57 Å². The molecule has 29 heavy (non-hydrogen) atoms. The van der Waals surface area contributed by atoms with Gasteiger partial charge in [-0.25, -0.2) is 4.79 Å². The molecule has 2 aliphatic rings. The number of hydrogen-bond acceptors (Lipinski definition) is 5. The number of carbonyl (C=O) groups is 1. The van der Waals surface area contributed by atoms with Crippen molar-refractivity contribution in [2.75, 3.05) is 19.8 Å². The molecule has 0 spiro atoms. The lowest BCUT2D eigenvalue weighted by Gasteiger charge is -2.27. The van der Waals surface area contributed by atoms with Crippen LogP contribution >= 0.6 is 11.6 Å². The van der Waals surface area contributed by atoms with Crippen LogP contribution in [-0.2, 0) is 11.3 Å². The second-order valence-corrected chi connectivity index (χ2v) is 7.65. The van der Waals surface area contributed by atoms with Gasteiger partial charge in [-0.15, -0.1) is 0 Å². The van der Waals surface area contributed by atoms with Gasteiger partial charge in [-0.05, 0) is 42.7 Å². The average molecular weight is 415 g/mol. The Labute approximate surface area is 171 Å². The molecule has 1 saturated heterocycles. The molecule has 7 nitrogen and oxygen atoms in total. The summed E-state index contributed by atoms with van der Waals surface area (Å²) in [7, 11) is 0. The number of ether oxygens (including phenoxy) is 2. The van der Waals surface area contributed by atoms with Gasteiger partial charge in [0.15, 0.2) is 17.1 Å². The van der Waals surface area contributed by atoms with Gasteiger partial charge < -0.3 is 18.8 Å². The van der Waals surface area contributed by atoms with Crippen LogP contribution in [-0.4, -0.2) is 35.1 Å². The van der Waals surface area contributed by atoms with Crippen molar-refractivity contribution < 1.29 is 18.7 Å². The minimum Gasteiger partial charge on any atom is -0.486 e. The Bertz CT molecular complexity index is 1150. The minimum atomic E-state index is -0.564. The van der Waals surface area contributed by atoms with Crippen LogP contribution in [0.15, 0.2) is 45.6 Å². The molecule has 0 aliphatic carbocycles. The lowest BCUT2D eigenvalue weighted by Crippen LogP contribution is -2.35. The van der Waals surface area contributed by atoms with Gasteiger partial charge in [-0.1, -0.05) is 17.7 Å². The molecule has 0 N–H and O–H groups in total. The first-order valence-corrected chi connectivity index (χ1v) is 9.96. The number of hydrogen-bond donors (Lipinski definition) is 0. The highest BCUT2D eigenvalue weighted by Gasteiger charge is 2.31. The molecule has 3 heterocycles. The van der Waals surface area contributed by atoms with Crippen molar-refractivity contribution in [2.45, 2.75) is 25.4 Å². The SMILES string of the molecule is O=C(Cn1c(=O)oc2cc(Cl)ccc21)N1CCC[C@@H]1c1ccc2c(c1)OCCO2. The zero-order valence-corrected chi connectivity index (χ0v) is 16.4. The predicted octanol–water partition coefficient (Wildman–Crippen LogP) is 3.38.